The molecule has 0 saturated heterocycles. The Bertz CT molecular complexity index is 666. The summed E-state index contributed by atoms with van der Waals surface area (Å²) in [6.07, 6.45) is 6.88. The van der Waals surface area contributed by atoms with Gasteiger partial charge in [-0.1, -0.05) is 43.7 Å². The van der Waals surface area contributed by atoms with Crippen molar-refractivity contribution in [1.29, 1.82) is 0 Å². The molecule has 1 unspecified atom stereocenters. The quantitative estimate of drug-likeness (QED) is 0.616. The van der Waals surface area contributed by atoms with Crippen LogP contribution in [-0.4, -0.2) is 0 Å². The number of rotatable bonds is 3. The van der Waals surface area contributed by atoms with E-state index in [2.05, 4.69) is 72.8 Å². The molecule has 0 aromatic heterocycles. The summed E-state index contributed by atoms with van der Waals surface area (Å²) in [5.41, 5.74) is 11.7. The molecule has 1 aliphatic rings. The molecule has 1 aromatic rings. The van der Waals surface area contributed by atoms with Crippen molar-refractivity contribution in [1.82, 2.24) is 0 Å². The minimum atomic E-state index is 0.528. The zero-order valence-corrected chi connectivity index (χ0v) is 15.3. The average molecular weight is 294 g/mol. The van der Waals surface area contributed by atoms with Crippen molar-refractivity contribution in [3.63, 3.8) is 0 Å². The predicted molar refractivity (Wildman–Crippen MR) is 98.4 cm³/mol. The van der Waals surface area contributed by atoms with Gasteiger partial charge in [-0.2, -0.15) is 0 Å². The van der Waals surface area contributed by atoms with Crippen molar-refractivity contribution < 1.29 is 0 Å². The predicted octanol–water partition coefficient (Wildman–Crippen LogP) is 6.27. The zero-order chi connectivity index (χ0) is 16.4. The molecule has 1 aliphatic carbocycles. The van der Waals surface area contributed by atoms with Crippen LogP contribution in [0.15, 0.2) is 46.6 Å². The molecule has 0 heterocycles. The third-order valence-electron chi connectivity index (χ3n) is 5.38. The van der Waals surface area contributed by atoms with E-state index < -0.39 is 0 Å². The smallest absolute Gasteiger partial charge is 0.00258 e. The van der Waals surface area contributed by atoms with Crippen LogP contribution in [0.3, 0.4) is 0 Å². The standard InChI is InChI=1S/C22H30/c1-8-20-12-19(10-14(3)16(20)5)13-21-11-15(4)17(6)22(9-2)18(21)7/h9-12,18H,8,13H2,1-7H3/b22-9+. The van der Waals surface area contributed by atoms with Crippen molar-refractivity contribution in [2.24, 2.45) is 5.92 Å². The molecule has 0 spiro atoms. The number of aryl methyl sites for hydroxylation is 2. The summed E-state index contributed by atoms with van der Waals surface area (Å²) in [4.78, 5) is 0. The molecule has 0 saturated carbocycles. The topological polar surface area (TPSA) is 0 Å². The second-order valence-electron chi connectivity index (χ2n) is 6.72. The fourth-order valence-corrected chi connectivity index (χ4v) is 3.65. The van der Waals surface area contributed by atoms with Crippen LogP contribution in [0.5, 0.6) is 0 Å². The fourth-order valence-electron chi connectivity index (χ4n) is 3.65. The lowest BCUT2D eigenvalue weighted by Crippen LogP contribution is -2.12. The van der Waals surface area contributed by atoms with Gasteiger partial charge < -0.3 is 0 Å². The number of allylic oxidation sites excluding steroid dienone is 6. The molecule has 0 bridgehead atoms. The van der Waals surface area contributed by atoms with E-state index in [4.69, 9.17) is 0 Å². The molecule has 22 heavy (non-hydrogen) atoms. The molecule has 0 heteroatoms. The molecule has 0 radical (unpaired) electrons. The van der Waals surface area contributed by atoms with Crippen molar-refractivity contribution in [2.45, 2.75) is 61.3 Å². The van der Waals surface area contributed by atoms with Gasteiger partial charge in [-0.3, -0.25) is 0 Å². The summed E-state index contributed by atoms with van der Waals surface area (Å²) in [5, 5.41) is 0. The number of benzene rings is 1. The SMILES string of the molecule is C/C=C1\C(C)=C(C)C=C(Cc2cc(C)c(C)c(CC)c2)C1C. The van der Waals surface area contributed by atoms with Crippen LogP contribution in [0.4, 0.5) is 0 Å². The highest BCUT2D eigenvalue weighted by atomic mass is 14.3. The maximum absolute atomic E-state index is 2.41. The normalized spacial score (nSPS) is 20.6. The third-order valence-corrected chi connectivity index (χ3v) is 5.38. The van der Waals surface area contributed by atoms with E-state index >= 15 is 0 Å². The van der Waals surface area contributed by atoms with Gasteiger partial charge in [0.2, 0.25) is 0 Å². The first kappa shape index (κ1) is 16.8. The van der Waals surface area contributed by atoms with E-state index in [1.54, 1.807) is 5.57 Å². The second kappa shape index (κ2) is 6.69. The zero-order valence-electron chi connectivity index (χ0n) is 15.3. The maximum atomic E-state index is 2.41. The monoisotopic (exact) mass is 294 g/mol. The first-order chi connectivity index (χ1) is 10.4. The highest BCUT2D eigenvalue weighted by molar-refractivity contribution is 5.50. The highest BCUT2D eigenvalue weighted by Gasteiger charge is 2.21. The number of hydrogen-bond acceptors (Lipinski definition) is 0. The van der Waals surface area contributed by atoms with Crippen LogP contribution in [0.2, 0.25) is 0 Å². The van der Waals surface area contributed by atoms with Gasteiger partial charge in [-0.05, 0) is 86.4 Å². The molecule has 1 atom stereocenters. The van der Waals surface area contributed by atoms with Crippen molar-refractivity contribution in [2.75, 3.05) is 0 Å². The van der Waals surface area contributed by atoms with Gasteiger partial charge in [0.05, 0.1) is 0 Å². The van der Waals surface area contributed by atoms with Gasteiger partial charge in [0.1, 0.15) is 0 Å². The van der Waals surface area contributed by atoms with Crippen LogP contribution in [-0.2, 0) is 12.8 Å². The Hall–Kier alpha value is -1.56. The third kappa shape index (κ3) is 3.11. The van der Waals surface area contributed by atoms with Gasteiger partial charge in [0, 0.05) is 5.92 Å². The first-order valence-electron chi connectivity index (χ1n) is 8.52. The van der Waals surface area contributed by atoms with E-state index in [-0.39, 0.29) is 0 Å². The Labute approximate surface area is 136 Å². The van der Waals surface area contributed by atoms with E-state index in [0.29, 0.717) is 5.92 Å². The summed E-state index contributed by atoms with van der Waals surface area (Å²) < 4.78 is 0. The van der Waals surface area contributed by atoms with Crippen molar-refractivity contribution >= 4 is 0 Å². The Morgan fingerprint density at radius 2 is 1.77 bits per heavy atom. The van der Waals surface area contributed by atoms with E-state index in [0.717, 1.165) is 12.8 Å². The summed E-state index contributed by atoms with van der Waals surface area (Å²) in [7, 11) is 0. The molecule has 0 fully saturated rings. The second-order valence-corrected chi connectivity index (χ2v) is 6.72. The van der Waals surface area contributed by atoms with Crippen LogP contribution in [0.25, 0.3) is 0 Å². The van der Waals surface area contributed by atoms with Crippen LogP contribution in [0.1, 0.15) is 56.9 Å². The van der Waals surface area contributed by atoms with Crippen molar-refractivity contribution in [3.8, 4) is 0 Å². The fraction of sp³-hybridized carbons (Fsp3) is 0.455. The van der Waals surface area contributed by atoms with Crippen molar-refractivity contribution in [3.05, 3.63) is 68.8 Å². The van der Waals surface area contributed by atoms with Gasteiger partial charge in [-0.25, -0.2) is 0 Å². The maximum Gasteiger partial charge on any atom is 0.00258 e. The molecule has 2 rings (SSSR count). The summed E-state index contributed by atoms with van der Waals surface area (Å²) >= 11 is 0. The molecular formula is C22H30. The molecule has 1 aromatic carbocycles. The largest absolute Gasteiger partial charge is 0.0836 e. The van der Waals surface area contributed by atoms with Gasteiger partial charge >= 0.3 is 0 Å². The summed E-state index contributed by atoms with van der Waals surface area (Å²) in [6, 6.07) is 4.78. The highest BCUT2D eigenvalue weighted by Crippen LogP contribution is 2.35. The molecule has 118 valence electrons. The van der Waals surface area contributed by atoms with Gasteiger partial charge in [0.15, 0.2) is 0 Å². The van der Waals surface area contributed by atoms with E-state index in [9.17, 15) is 0 Å². The minimum absolute atomic E-state index is 0.528. The Kier molecular flexibility index (Phi) is 5.11. The van der Waals surface area contributed by atoms with Crippen LogP contribution < -0.4 is 0 Å². The summed E-state index contributed by atoms with van der Waals surface area (Å²) in [5.74, 6) is 0.528. The lowest BCUT2D eigenvalue weighted by Gasteiger charge is -2.27. The lowest BCUT2D eigenvalue weighted by atomic mass is 9.78. The minimum Gasteiger partial charge on any atom is -0.0836 e. The molecule has 0 N–H and O–H groups in total. The van der Waals surface area contributed by atoms with Crippen LogP contribution in [0, 0.1) is 19.8 Å². The molecular weight excluding hydrogens is 264 g/mol. The average Bonchev–Trinajstić information content (AvgIpc) is 2.49. The Balaban J connectivity index is 2.39. The Morgan fingerprint density at radius 3 is 2.36 bits per heavy atom. The van der Waals surface area contributed by atoms with E-state index in [1.807, 2.05) is 0 Å². The first-order valence-corrected chi connectivity index (χ1v) is 8.52. The lowest BCUT2D eigenvalue weighted by molar-refractivity contribution is 0.757. The molecule has 0 nitrogen and oxygen atoms in total. The molecule has 0 aliphatic heterocycles. The number of hydrogen-bond donors (Lipinski definition) is 0. The Morgan fingerprint density at radius 1 is 1.09 bits per heavy atom. The van der Waals surface area contributed by atoms with Gasteiger partial charge in [-0.15, -0.1) is 0 Å². The van der Waals surface area contributed by atoms with Gasteiger partial charge in [0.25, 0.3) is 0 Å². The summed E-state index contributed by atoms with van der Waals surface area (Å²) in [6.45, 7) is 15.7. The van der Waals surface area contributed by atoms with Crippen LogP contribution >= 0.6 is 0 Å². The molecule has 0 amide bonds. The van der Waals surface area contributed by atoms with E-state index in [1.165, 1.54) is 39.0 Å².